The summed E-state index contributed by atoms with van der Waals surface area (Å²) in [7, 11) is 0. The Morgan fingerprint density at radius 2 is 2.05 bits per heavy atom. The molecular formula is C13H7Cl2N3OS2. The molecule has 0 bridgehead atoms. The summed E-state index contributed by atoms with van der Waals surface area (Å²) in [5.74, 6) is -0.308. The third-order valence-electron chi connectivity index (χ3n) is 2.65. The van der Waals surface area contributed by atoms with Crippen LogP contribution in [-0.2, 0) is 0 Å². The monoisotopic (exact) mass is 355 g/mol. The zero-order valence-electron chi connectivity index (χ0n) is 10.3. The number of thiophene rings is 1. The number of hydrogen-bond acceptors (Lipinski definition) is 5. The van der Waals surface area contributed by atoms with E-state index in [9.17, 15) is 4.79 Å². The number of hydrogen-bond donors (Lipinski definition) is 1. The highest BCUT2D eigenvalue weighted by molar-refractivity contribution is 7.14. The van der Waals surface area contributed by atoms with E-state index in [0.717, 1.165) is 16.4 Å². The van der Waals surface area contributed by atoms with Crippen LogP contribution in [0, 0.1) is 0 Å². The van der Waals surface area contributed by atoms with Crippen LogP contribution in [0.2, 0.25) is 10.0 Å². The van der Waals surface area contributed by atoms with Gasteiger partial charge in [-0.05, 0) is 35.1 Å². The molecule has 2 aromatic heterocycles. The van der Waals surface area contributed by atoms with Crippen molar-refractivity contribution in [2.24, 2.45) is 0 Å². The number of nitrogens with zero attached hydrogens (tertiary/aromatic N) is 2. The first kappa shape index (κ1) is 14.5. The maximum atomic E-state index is 12.4. The maximum absolute atomic E-state index is 12.4. The van der Waals surface area contributed by atoms with Crippen molar-refractivity contribution in [2.45, 2.75) is 0 Å². The van der Waals surface area contributed by atoms with Crippen LogP contribution in [0.15, 0.2) is 35.7 Å². The zero-order chi connectivity index (χ0) is 14.8. The number of halogens is 2. The average molecular weight is 356 g/mol. The molecule has 8 heteroatoms. The van der Waals surface area contributed by atoms with E-state index in [4.69, 9.17) is 23.2 Å². The minimum Gasteiger partial charge on any atom is -0.320 e. The first-order valence-corrected chi connectivity index (χ1v) is 8.19. The second-order valence-corrected chi connectivity index (χ2v) is 6.47. The minimum atomic E-state index is -0.308. The highest BCUT2D eigenvalue weighted by Gasteiger charge is 2.19. The van der Waals surface area contributed by atoms with Gasteiger partial charge in [0.15, 0.2) is 0 Å². The van der Waals surface area contributed by atoms with Crippen molar-refractivity contribution < 1.29 is 4.79 Å². The van der Waals surface area contributed by atoms with Gasteiger partial charge in [0.05, 0.1) is 20.6 Å². The van der Waals surface area contributed by atoms with Gasteiger partial charge in [-0.25, -0.2) is 0 Å². The van der Waals surface area contributed by atoms with Crippen LogP contribution in [0.25, 0.3) is 10.6 Å². The molecule has 0 saturated heterocycles. The Hall–Kier alpha value is -1.47. The lowest BCUT2D eigenvalue weighted by Gasteiger charge is -2.07. The van der Waals surface area contributed by atoms with Gasteiger partial charge in [0.25, 0.3) is 5.91 Å². The minimum absolute atomic E-state index is 0.308. The number of amides is 1. The third-order valence-corrected chi connectivity index (χ3v) is 5.07. The molecule has 3 rings (SSSR count). The highest BCUT2D eigenvalue weighted by Crippen LogP contribution is 2.32. The summed E-state index contributed by atoms with van der Waals surface area (Å²) < 4.78 is 3.86. The van der Waals surface area contributed by atoms with E-state index in [1.807, 2.05) is 17.5 Å². The topological polar surface area (TPSA) is 54.9 Å². The smallest absolute Gasteiger partial charge is 0.269 e. The molecule has 0 aliphatic carbocycles. The molecule has 0 fully saturated rings. The lowest BCUT2D eigenvalue weighted by Crippen LogP contribution is -2.11. The second-order valence-electron chi connectivity index (χ2n) is 3.98. The van der Waals surface area contributed by atoms with Gasteiger partial charge < -0.3 is 5.32 Å². The molecule has 0 aliphatic heterocycles. The summed E-state index contributed by atoms with van der Waals surface area (Å²) in [6, 6.07) is 8.85. The molecule has 0 atom stereocenters. The van der Waals surface area contributed by atoms with Crippen LogP contribution in [0.3, 0.4) is 0 Å². The fourth-order valence-corrected chi connectivity index (χ4v) is 3.40. The number of aromatic nitrogens is 2. The fourth-order valence-electron chi connectivity index (χ4n) is 1.69. The van der Waals surface area contributed by atoms with Crippen LogP contribution >= 0.6 is 46.1 Å². The Morgan fingerprint density at radius 3 is 2.81 bits per heavy atom. The van der Waals surface area contributed by atoms with E-state index >= 15 is 0 Å². The third kappa shape index (κ3) is 2.94. The van der Waals surface area contributed by atoms with Gasteiger partial charge in [0.1, 0.15) is 10.6 Å². The van der Waals surface area contributed by atoms with Crippen molar-refractivity contribution in [1.82, 2.24) is 9.59 Å². The van der Waals surface area contributed by atoms with Crippen molar-refractivity contribution in [3.63, 3.8) is 0 Å². The fraction of sp³-hybridized carbons (Fsp3) is 0. The van der Waals surface area contributed by atoms with Gasteiger partial charge in [-0.15, -0.1) is 16.4 Å². The molecule has 1 amide bonds. The SMILES string of the molecule is O=C(Nc1cccc(Cl)c1Cl)c1snnc1-c1cccs1. The lowest BCUT2D eigenvalue weighted by molar-refractivity contribution is 0.103. The Balaban J connectivity index is 1.90. The van der Waals surface area contributed by atoms with Crippen molar-refractivity contribution >= 4 is 57.7 Å². The lowest BCUT2D eigenvalue weighted by atomic mass is 10.2. The summed E-state index contributed by atoms with van der Waals surface area (Å²) >= 11 is 14.5. The molecule has 1 N–H and O–H groups in total. The molecule has 0 saturated carbocycles. The highest BCUT2D eigenvalue weighted by atomic mass is 35.5. The first-order valence-electron chi connectivity index (χ1n) is 5.78. The van der Waals surface area contributed by atoms with Crippen LogP contribution < -0.4 is 5.32 Å². The Bertz CT molecular complexity index is 787. The van der Waals surface area contributed by atoms with Crippen LogP contribution in [0.4, 0.5) is 5.69 Å². The van der Waals surface area contributed by atoms with E-state index in [1.165, 1.54) is 11.3 Å². The Kier molecular flexibility index (Phi) is 4.21. The molecule has 0 aliphatic rings. The molecular weight excluding hydrogens is 349 g/mol. The van der Waals surface area contributed by atoms with Crippen LogP contribution in [-0.4, -0.2) is 15.5 Å². The standard InChI is InChI=1S/C13H7Cl2N3OS2/c14-7-3-1-4-8(10(7)15)16-13(19)12-11(17-18-21-12)9-5-2-6-20-9/h1-6H,(H,16,19). The number of carbonyl (C=O) groups is 1. The second kappa shape index (κ2) is 6.11. The van der Waals surface area contributed by atoms with E-state index in [-0.39, 0.29) is 5.91 Å². The number of rotatable bonds is 3. The van der Waals surface area contributed by atoms with E-state index < -0.39 is 0 Å². The summed E-state index contributed by atoms with van der Waals surface area (Å²) in [6.45, 7) is 0. The Morgan fingerprint density at radius 1 is 1.19 bits per heavy atom. The molecule has 4 nitrogen and oxygen atoms in total. The summed E-state index contributed by atoms with van der Waals surface area (Å²) in [4.78, 5) is 13.7. The number of benzene rings is 1. The van der Waals surface area contributed by atoms with Gasteiger partial charge in [-0.3, -0.25) is 4.79 Å². The van der Waals surface area contributed by atoms with Gasteiger partial charge in [0.2, 0.25) is 0 Å². The Labute approximate surface area is 138 Å². The first-order chi connectivity index (χ1) is 10.2. The van der Waals surface area contributed by atoms with Gasteiger partial charge >= 0.3 is 0 Å². The van der Waals surface area contributed by atoms with Crippen LogP contribution in [0.5, 0.6) is 0 Å². The predicted molar refractivity (Wildman–Crippen MR) is 87.6 cm³/mol. The molecule has 106 valence electrons. The van der Waals surface area contributed by atoms with Crippen molar-refractivity contribution in [1.29, 1.82) is 0 Å². The molecule has 0 radical (unpaired) electrons. The maximum Gasteiger partial charge on any atom is 0.269 e. The van der Waals surface area contributed by atoms with Gasteiger partial charge in [-0.1, -0.05) is 39.8 Å². The molecule has 0 unspecified atom stereocenters. The quantitative estimate of drug-likeness (QED) is 0.732. The van der Waals surface area contributed by atoms with Gasteiger partial charge in [0, 0.05) is 0 Å². The molecule has 1 aromatic carbocycles. The van der Waals surface area contributed by atoms with Crippen molar-refractivity contribution in [3.05, 3.63) is 50.6 Å². The van der Waals surface area contributed by atoms with Crippen LogP contribution in [0.1, 0.15) is 9.67 Å². The molecule has 0 spiro atoms. The largest absolute Gasteiger partial charge is 0.320 e. The van der Waals surface area contributed by atoms with E-state index in [0.29, 0.717) is 26.3 Å². The van der Waals surface area contributed by atoms with E-state index in [1.54, 1.807) is 18.2 Å². The normalized spacial score (nSPS) is 10.6. The number of anilines is 1. The van der Waals surface area contributed by atoms with E-state index in [2.05, 4.69) is 14.9 Å². The summed E-state index contributed by atoms with van der Waals surface area (Å²) in [5, 5.41) is 9.37. The van der Waals surface area contributed by atoms with Gasteiger partial charge in [-0.2, -0.15) is 0 Å². The number of carbonyl (C=O) groups excluding carboxylic acids is 1. The predicted octanol–water partition coefficient (Wildman–Crippen LogP) is 4.83. The molecule has 2 heterocycles. The molecule has 21 heavy (non-hydrogen) atoms. The number of nitrogens with one attached hydrogen (secondary N) is 1. The average Bonchev–Trinajstić information content (AvgIpc) is 3.13. The van der Waals surface area contributed by atoms with Crippen molar-refractivity contribution in [2.75, 3.05) is 5.32 Å². The summed E-state index contributed by atoms with van der Waals surface area (Å²) in [5.41, 5.74) is 1.03. The zero-order valence-corrected chi connectivity index (χ0v) is 13.5. The molecule has 3 aromatic rings. The van der Waals surface area contributed by atoms with Crippen molar-refractivity contribution in [3.8, 4) is 10.6 Å². The summed E-state index contributed by atoms with van der Waals surface area (Å²) in [6.07, 6.45) is 0.